The highest BCUT2D eigenvalue weighted by Gasteiger charge is 2.09. The van der Waals surface area contributed by atoms with Crippen LogP contribution in [0.3, 0.4) is 0 Å². The Morgan fingerprint density at radius 3 is 2.30 bits per heavy atom. The molecule has 0 aliphatic carbocycles. The fraction of sp³-hybridized carbons (Fsp3) is 0.222. The summed E-state index contributed by atoms with van der Waals surface area (Å²) in [6.45, 7) is 3.84. The Morgan fingerprint density at radius 1 is 1.00 bits per heavy atom. The first-order valence-corrected chi connectivity index (χ1v) is 8.12. The first-order valence-electron chi connectivity index (χ1n) is 7.33. The van der Waals surface area contributed by atoms with Gasteiger partial charge in [0.15, 0.2) is 0 Å². The molecule has 0 heterocycles. The normalized spacial score (nSPS) is 10.2. The lowest BCUT2D eigenvalue weighted by atomic mass is 10.1. The van der Waals surface area contributed by atoms with E-state index in [2.05, 4.69) is 26.6 Å². The maximum absolute atomic E-state index is 12.0. The van der Waals surface area contributed by atoms with Crippen molar-refractivity contribution in [1.82, 2.24) is 5.32 Å². The fourth-order valence-electron chi connectivity index (χ4n) is 2.27. The van der Waals surface area contributed by atoms with Gasteiger partial charge in [0.2, 0.25) is 11.8 Å². The second-order valence-electron chi connectivity index (χ2n) is 5.40. The Morgan fingerprint density at radius 2 is 1.65 bits per heavy atom. The zero-order chi connectivity index (χ0) is 16.8. The number of nitrogens with one attached hydrogen (secondary N) is 2. The number of halogens is 1. The predicted molar refractivity (Wildman–Crippen MR) is 95.4 cm³/mol. The van der Waals surface area contributed by atoms with Crippen LogP contribution >= 0.6 is 15.9 Å². The van der Waals surface area contributed by atoms with Gasteiger partial charge in [-0.05, 0) is 42.7 Å². The number of aryl methyl sites for hydroxylation is 2. The molecule has 2 amide bonds. The SMILES string of the molecule is Cc1cccc(C)c1NC(=O)CNC(=O)Cc1cccc(Br)c1. The Hall–Kier alpha value is -2.14. The lowest BCUT2D eigenvalue weighted by Crippen LogP contribution is -2.34. The standard InChI is InChI=1S/C18H19BrN2O2/c1-12-5-3-6-13(2)18(12)21-17(23)11-20-16(22)10-14-7-4-8-15(19)9-14/h3-9H,10-11H2,1-2H3,(H,20,22)(H,21,23). The van der Waals surface area contributed by atoms with Crippen molar-refractivity contribution in [3.05, 3.63) is 63.6 Å². The molecule has 23 heavy (non-hydrogen) atoms. The lowest BCUT2D eigenvalue weighted by molar-refractivity contribution is -0.123. The number of benzene rings is 2. The summed E-state index contributed by atoms with van der Waals surface area (Å²) in [7, 11) is 0. The van der Waals surface area contributed by atoms with Crippen LogP contribution < -0.4 is 10.6 Å². The molecule has 0 radical (unpaired) electrons. The molecule has 0 fully saturated rings. The summed E-state index contributed by atoms with van der Waals surface area (Å²) < 4.78 is 0.926. The van der Waals surface area contributed by atoms with Crippen LogP contribution in [0.5, 0.6) is 0 Å². The van der Waals surface area contributed by atoms with Gasteiger partial charge in [-0.3, -0.25) is 9.59 Å². The van der Waals surface area contributed by atoms with Gasteiger partial charge in [-0.2, -0.15) is 0 Å². The first kappa shape index (κ1) is 17.2. The smallest absolute Gasteiger partial charge is 0.243 e. The number of carbonyl (C=O) groups excluding carboxylic acids is 2. The Balaban J connectivity index is 1.85. The minimum absolute atomic E-state index is 0.0411. The van der Waals surface area contributed by atoms with E-state index in [1.807, 2.05) is 56.3 Å². The molecule has 0 atom stereocenters. The molecular weight excluding hydrogens is 356 g/mol. The van der Waals surface area contributed by atoms with E-state index in [1.54, 1.807) is 0 Å². The van der Waals surface area contributed by atoms with Crippen molar-refractivity contribution in [2.45, 2.75) is 20.3 Å². The molecule has 120 valence electrons. The molecule has 0 aliphatic rings. The van der Waals surface area contributed by atoms with Crippen molar-refractivity contribution in [2.24, 2.45) is 0 Å². The van der Waals surface area contributed by atoms with E-state index in [9.17, 15) is 9.59 Å². The van der Waals surface area contributed by atoms with E-state index in [0.29, 0.717) is 0 Å². The average Bonchev–Trinajstić information content (AvgIpc) is 2.49. The minimum Gasteiger partial charge on any atom is -0.347 e. The summed E-state index contributed by atoms with van der Waals surface area (Å²) in [5.41, 5.74) is 3.70. The second kappa shape index (κ2) is 7.92. The average molecular weight is 375 g/mol. The quantitative estimate of drug-likeness (QED) is 0.842. The summed E-state index contributed by atoms with van der Waals surface area (Å²) in [4.78, 5) is 23.9. The van der Waals surface area contributed by atoms with E-state index in [1.165, 1.54) is 0 Å². The second-order valence-corrected chi connectivity index (χ2v) is 6.31. The molecule has 0 bridgehead atoms. The summed E-state index contributed by atoms with van der Waals surface area (Å²) in [5, 5.41) is 5.49. The van der Waals surface area contributed by atoms with E-state index in [0.717, 1.165) is 26.9 Å². The van der Waals surface area contributed by atoms with Gasteiger partial charge in [-0.1, -0.05) is 46.3 Å². The van der Waals surface area contributed by atoms with Crippen molar-refractivity contribution in [3.8, 4) is 0 Å². The highest BCUT2D eigenvalue weighted by atomic mass is 79.9. The minimum atomic E-state index is -0.231. The van der Waals surface area contributed by atoms with Gasteiger partial charge in [0.25, 0.3) is 0 Å². The zero-order valence-corrected chi connectivity index (χ0v) is 14.7. The number of rotatable bonds is 5. The molecule has 0 saturated heterocycles. The van der Waals surface area contributed by atoms with Gasteiger partial charge in [-0.25, -0.2) is 0 Å². The molecule has 2 rings (SSSR count). The third kappa shape index (κ3) is 5.21. The van der Waals surface area contributed by atoms with Gasteiger partial charge in [0.1, 0.15) is 0 Å². The molecule has 0 spiro atoms. The molecule has 2 aromatic rings. The highest BCUT2D eigenvalue weighted by molar-refractivity contribution is 9.10. The molecule has 2 N–H and O–H groups in total. The predicted octanol–water partition coefficient (Wildman–Crippen LogP) is 3.36. The van der Waals surface area contributed by atoms with Crippen LogP contribution in [0.1, 0.15) is 16.7 Å². The topological polar surface area (TPSA) is 58.2 Å². The zero-order valence-electron chi connectivity index (χ0n) is 13.2. The third-order valence-electron chi connectivity index (χ3n) is 3.45. The van der Waals surface area contributed by atoms with Crippen LogP contribution in [0.15, 0.2) is 46.9 Å². The maximum atomic E-state index is 12.0. The Kier molecular flexibility index (Phi) is 5.93. The largest absolute Gasteiger partial charge is 0.347 e. The van der Waals surface area contributed by atoms with E-state index < -0.39 is 0 Å². The molecule has 2 aromatic carbocycles. The summed E-state index contributed by atoms with van der Waals surface area (Å²) in [6, 6.07) is 13.4. The molecule has 0 aromatic heterocycles. The fourth-order valence-corrected chi connectivity index (χ4v) is 2.72. The number of hydrogen-bond acceptors (Lipinski definition) is 2. The van der Waals surface area contributed by atoms with Gasteiger partial charge < -0.3 is 10.6 Å². The lowest BCUT2D eigenvalue weighted by Gasteiger charge is -2.12. The van der Waals surface area contributed by atoms with Crippen LogP contribution in [0.4, 0.5) is 5.69 Å². The third-order valence-corrected chi connectivity index (χ3v) is 3.94. The summed E-state index contributed by atoms with van der Waals surface area (Å²) >= 11 is 3.37. The molecule has 5 heteroatoms. The summed E-state index contributed by atoms with van der Waals surface area (Å²) in [5.74, 6) is -0.412. The van der Waals surface area contributed by atoms with Crippen LogP contribution in [0, 0.1) is 13.8 Å². The van der Waals surface area contributed by atoms with Gasteiger partial charge in [0, 0.05) is 10.2 Å². The Bertz CT molecular complexity index is 708. The van der Waals surface area contributed by atoms with Crippen LogP contribution in [0.2, 0.25) is 0 Å². The number of anilines is 1. The molecule has 0 aliphatic heterocycles. The van der Waals surface area contributed by atoms with Crippen LogP contribution in [-0.2, 0) is 16.0 Å². The van der Waals surface area contributed by atoms with Gasteiger partial charge in [-0.15, -0.1) is 0 Å². The molecule has 0 unspecified atom stereocenters. The summed E-state index contributed by atoms with van der Waals surface area (Å²) in [6.07, 6.45) is 0.246. The van der Waals surface area contributed by atoms with Crippen molar-refractivity contribution in [2.75, 3.05) is 11.9 Å². The number of amides is 2. The molecule has 0 saturated carbocycles. The van der Waals surface area contributed by atoms with Crippen molar-refractivity contribution < 1.29 is 9.59 Å². The Labute approximate surface area is 144 Å². The van der Waals surface area contributed by atoms with E-state index >= 15 is 0 Å². The first-order chi connectivity index (χ1) is 11.0. The van der Waals surface area contributed by atoms with Crippen molar-refractivity contribution in [1.29, 1.82) is 0 Å². The number of para-hydroxylation sites is 1. The van der Waals surface area contributed by atoms with Crippen LogP contribution in [0.25, 0.3) is 0 Å². The van der Waals surface area contributed by atoms with Gasteiger partial charge in [0.05, 0.1) is 13.0 Å². The van der Waals surface area contributed by atoms with Gasteiger partial charge >= 0.3 is 0 Å². The maximum Gasteiger partial charge on any atom is 0.243 e. The number of hydrogen-bond donors (Lipinski definition) is 2. The van der Waals surface area contributed by atoms with Crippen molar-refractivity contribution in [3.63, 3.8) is 0 Å². The molecule has 4 nitrogen and oxygen atoms in total. The van der Waals surface area contributed by atoms with Crippen LogP contribution in [-0.4, -0.2) is 18.4 Å². The van der Waals surface area contributed by atoms with Crippen molar-refractivity contribution >= 4 is 33.4 Å². The molecular formula is C18H19BrN2O2. The number of carbonyl (C=O) groups is 2. The van der Waals surface area contributed by atoms with E-state index in [-0.39, 0.29) is 24.8 Å². The van der Waals surface area contributed by atoms with E-state index in [4.69, 9.17) is 0 Å². The highest BCUT2D eigenvalue weighted by Crippen LogP contribution is 2.19. The monoisotopic (exact) mass is 374 g/mol.